The fraction of sp³-hybridized carbons (Fsp3) is 0.364. The minimum absolute atomic E-state index is 0.570. The van der Waals surface area contributed by atoms with E-state index in [0.717, 1.165) is 11.2 Å². The van der Waals surface area contributed by atoms with Crippen molar-refractivity contribution in [2.75, 3.05) is 7.11 Å². The molecule has 0 saturated heterocycles. The van der Waals surface area contributed by atoms with Crippen molar-refractivity contribution in [3.05, 3.63) is 29.5 Å². The number of methoxy groups -OCH3 is 1. The number of aryl methyl sites for hydroxylation is 2. The highest BCUT2D eigenvalue weighted by molar-refractivity contribution is 5.82. The fourth-order valence-electron chi connectivity index (χ4n) is 1.70. The summed E-state index contributed by atoms with van der Waals surface area (Å²) in [5.41, 5.74) is 3.42. The molecule has 3 nitrogen and oxygen atoms in total. The SMILES string of the molecule is COCc1nn(C)c2ccc(C)cc12. The van der Waals surface area contributed by atoms with Crippen molar-refractivity contribution >= 4 is 10.9 Å². The zero-order valence-electron chi connectivity index (χ0n) is 8.74. The lowest BCUT2D eigenvalue weighted by Gasteiger charge is -1.96. The molecule has 0 aliphatic rings. The van der Waals surface area contributed by atoms with Gasteiger partial charge in [0.15, 0.2) is 0 Å². The van der Waals surface area contributed by atoms with Crippen LogP contribution in [0.25, 0.3) is 10.9 Å². The average Bonchev–Trinajstić information content (AvgIpc) is 2.44. The summed E-state index contributed by atoms with van der Waals surface area (Å²) >= 11 is 0. The molecule has 0 atom stereocenters. The molecule has 0 N–H and O–H groups in total. The molecule has 0 aliphatic heterocycles. The minimum Gasteiger partial charge on any atom is -0.378 e. The predicted molar refractivity (Wildman–Crippen MR) is 56.2 cm³/mol. The number of hydrogen-bond acceptors (Lipinski definition) is 2. The lowest BCUT2D eigenvalue weighted by Crippen LogP contribution is -1.92. The Hall–Kier alpha value is -1.35. The summed E-state index contributed by atoms with van der Waals surface area (Å²) in [5, 5.41) is 5.60. The third-order valence-corrected chi connectivity index (χ3v) is 2.36. The van der Waals surface area contributed by atoms with Crippen LogP contribution in [0.1, 0.15) is 11.3 Å². The minimum atomic E-state index is 0.570. The smallest absolute Gasteiger partial charge is 0.0960 e. The van der Waals surface area contributed by atoms with Crippen molar-refractivity contribution in [2.24, 2.45) is 7.05 Å². The second-order valence-corrected chi connectivity index (χ2v) is 3.52. The Morgan fingerprint density at radius 3 is 2.93 bits per heavy atom. The third kappa shape index (κ3) is 1.40. The van der Waals surface area contributed by atoms with Crippen LogP contribution in [0.2, 0.25) is 0 Å². The molecule has 0 aliphatic carbocycles. The normalized spacial score (nSPS) is 11.1. The van der Waals surface area contributed by atoms with E-state index >= 15 is 0 Å². The van der Waals surface area contributed by atoms with Crippen LogP contribution < -0.4 is 0 Å². The molecule has 0 bridgehead atoms. The molecule has 0 radical (unpaired) electrons. The van der Waals surface area contributed by atoms with Crippen LogP contribution in [0.3, 0.4) is 0 Å². The van der Waals surface area contributed by atoms with Crippen molar-refractivity contribution in [3.63, 3.8) is 0 Å². The van der Waals surface area contributed by atoms with Gasteiger partial charge in [0.25, 0.3) is 0 Å². The molecular weight excluding hydrogens is 176 g/mol. The van der Waals surface area contributed by atoms with Gasteiger partial charge in [-0.1, -0.05) is 11.6 Å². The molecular formula is C11H14N2O. The molecule has 14 heavy (non-hydrogen) atoms. The number of benzene rings is 1. The molecule has 0 amide bonds. The van der Waals surface area contributed by atoms with Crippen molar-refractivity contribution in [2.45, 2.75) is 13.5 Å². The quantitative estimate of drug-likeness (QED) is 0.724. The summed E-state index contributed by atoms with van der Waals surface area (Å²) in [6.45, 7) is 2.66. The topological polar surface area (TPSA) is 27.1 Å². The van der Waals surface area contributed by atoms with E-state index in [-0.39, 0.29) is 0 Å². The Labute approximate surface area is 83.3 Å². The first-order valence-electron chi connectivity index (χ1n) is 4.63. The number of rotatable bonds is 2. The van der Waals surface area contributed by atoms with Crippen molar-refractivity contribution in [3.8, 4) is 0 Å². The monoisotopic (exact) mass is 190 g/mol. The number of fused-ring (bicyclic) bond motifs is 1. The fourth-order valence-corrected chi connectivity index (χ4v) is 1.70. The summed E-state index contributed by atoms with van der Waals surface area (Å²) in [4.78, 5) is 0. The summed E-state index contributed by atoms with van der Waals surface area (Å²) in [7, 11) is 3.65. The van der Waals surface area contributed by atoms with E-state index in [1.54, 1.807) is 7.11 Å². The van der Waals surface area contributed by atoms with Crippen LogP contribution in [0.5, 0.6) is 0 Å². The van der Waals surface area contributed by atoms with E-state index in [4.69, 9.17) is 4.74 Å². The lowest BCUT2D eigenvalue weighted by atomic mass is 10.1. The molecule has 3 heteroatoms. The lowest BCUT2D eigenvalue weighted by molar-refractivity contribution is 0.182. The number of nitrogens with zero attached hydrogens (tertiary/aromatic N) is 2. The van der Waals surface area contributed by atoms with E-state index in [9.17, 15) is 0 Å². The highest BCUT2D eigenvalue weighted by Gasteiger charge is 2.07. The Balaban J connectivity index is 2.66. The molecule has 0 unspecified atom stereocenters. The second kappa shape index (κ2) is 3.42. The Bertz CT molecular complexity index is 460. The summed E-state index contributed by atoms with van der Waals surface area (Å²) in [5.74, 6) is 0. The van der Waals surface area contributed by atoms with Crippen LogP contribution in [0, 0.1) is 6.92 Å². The van der Waals surface area contributed by atoms with Crippen LogP contribution in [0.4, 0.5) is 0 Å². The molecule has 0 fully saturated rings. The third-order valence-electron chi connectivity index (χ3n) is 2.36. The first kappa shape index (κ1) is 9.21. The molecule has 0 spiro atoms. The van der Waals surface area contributed by atoms with Gasteiger partial charge >= 0.3 is 0 Å². The van der Waals surface area contributed by atoms with Gasteiger partial charge < -0.3 is 4.74 Å². The molecule has 74 valence electrons. The zero-order chi connectivity index (χ0) is 10.1. The van der Waals surface area contributed by atoms with Gasteiger partial charge in [-0.2, -0.15) is 5.10 Å². The zero-order valence-corrected chi connectivity index (χ0v) is 8.74. The average molecular weight is 190 g/mol. The van der Waals surface area contributed by atoms with Crippen molar-refractivity contribution < 1.29 is 4.74 Å². The molecule has 1 heterocycles. The Morgan fingerprint density at radius 1 is 1.43 bits per heavy atom. The standard InChI is InChI=1S/C11H14N2O/c1-8-4-5-11-9(6-8)10(7-14-3)12-13(11)2/h4-6H,7H2,1-3H3. The molecule has 0 saturated carbocycles. The first-order valence-corrected chi connectivity index (χ1v) is 4.63. The van der Waals surface area contributed by atoms with Gasteiger partial charge in [-0.15, -0.1) is 0 Å². The first-order chi connectivity index (χ1) is 6.72. The Morgan fingerprint density at radius 2 is 2.21 bits per heavy atom. The number of aromatic nitrogens is 2. The van der Waals surface area contributed by atoms with Gasteiger partial charge in [0.05, 0.1) is 17.8 Å². The van der Waals surface area contributed by atoms with E-state index in [1.165, 1.54) is 10.9 Å². The van der Waals surface area contributed by atoms with E-state index in [0.29, 0.717) is 6.61 Å². The highest BCUT2D eigenvalue weighted by Crippen LogP contribution is 2.19. The predicted octanol–water partition coefficient (Wildman–Crippen LogP) is 2.03. The maximum Gasteiger partial charge on any atom is 0.0960 e. The van der Waals surface area contributed by atoms with E-state index in [1.807, 2.05) is 11.7 Å². The van der Waals surface area contributed by atoms with Gasteiger partial charge in [0.1, 0.15) is 0 Å². The van der Waals surface area contributed by atoms with Crippen LogP contribution in [-0.4, -0.2) is 16.9 Å². The van der Waals surface area contributed by atoms with Crippen LogP contribution in [0.15, 0.2) is 18.2 Å². The largest absolute Gasteiger partial charge is 0.378 e. The molecule has 1 aromatic heterocycles. The molecule has 1 aromatic carbocycles. The summed E-state index contributed by atoms with van der Waals surface area (Å²) in [6.07, 6.45) is 0. The van der Waals surface area contributed by atoms with E-state index < -0.39 is 0 Å². The van der Waals surface area contributed by atoms with Crippen LogP contribution >= 0.6 is 0 Å². The molecule has 2 rings (SSSR count). The number of hydrogen-bond donors (Lipinski definition) is 0. The van der Waals surface area contributed by atoms with E-state index in [2.05, 4.69) is 30.2 Å². The molecule has 2 aromatic rings. The number of ether oxygens (including phenoxy) is 1. The maximum atomic E-state index is 5.11. The van der Waals surface area contributed by atoms with Crippen molar-refractivity contribution in [1.82, 2.24) is 9.78 Å². The van der Waals surface area contributed by atoms with Crippen molar-refractivity contribution in [1.29, 1.82) is 0 Å². The summed E-state index contributed by atoms with van der Waals surface area (Å²) in [6, 6.07) is 6.34. The van der Waals surface area contributed by atoms with Gasteiger partial charge in [-0.05, 0) is 19.1 Å². The van der Waals surface area contributed by atoms with Gasteiger partial charge in [-0.25, -0.2) is 0 Å². The summed E-state index contributed by atoms with van der Waals surface area (Å²) < 4.78 is 7.01. The maximum absolute atomic E-state index is 5.11. The van der Waals surface area contributed by atoms with Gasteiger partial charge in [-0.3, -0.25) is 4.68 Å². The van der Waals surface area contributed by atoms with Gasteiger partial charge in [0.2, 0.25) is 0 Å². The van der Waals surface area contributed by atoms with Gasteiger partial charge in [0, 0.05) is 19.5 Å². The highest BCUT2D eigenvalue weighted by atomic mass is 16.5. The van der Waals surface area contributed by atoms with Crippen LogP contribution in [-0.2, 0) is 18.4 Å². The Kier molecular flexibility index (Phi) is 2.25. The second-order valence-electron chi connectivity index (χ2n) is 3.52.